The number of aryl methyl sites for hydroxylation is 1. The van der Waals surface area contributed by atoms with Gasteiger partial charge in [-0.25, -0.2) is 0 Å². The molecule has 1 saturated carbocycles. The lowest BCUT2D eigenvalue weighted by Gasteiger charge is -2.49. The number of fused-ring (bicyclic) bond motifs is 1. The molecule has 0 radical (unpaired) electrons. The second-order valence-electron chi connectivity index (χ2n) is 5.85. The van der Waals surface area contributed by atoms with Crippen molar-refractivity contribution in [2.45, 2.75) is 51.0 Å². The molecule has 1 heteroatoms. The summed E-state index contributed by atoms with van der Waals surface area (Å²) in [6.07, 6.45) is 8.35. The van der Waals surface area contributed by atoms with E-state index >= 15 is 0 Å². The lowest BCUT2D eigenvalue weighted by atomic mass is 9.65. The van der Waals surface area contributed by atoms with Gasteiger partial charge in [0.1, 0.15) is 0 Å². The molecule has 2 aliphatic rings. The first-order valence-corrected chi connectivity index (χ1v) is 7.13. The van der Waals surface area contributed by atoms with Gasteiger partial charge in [0.15, 0.2) is 0 Å². The molecule has 1 aliphatic carbocycles. The van der Waals surface area contributed by atoms with Crippen LogP contribution >= 0.6 is 0 Å². The first-order valence-electron chi connectivity index (χ1n) is 7.13. The molecule has 3 rings (SSSR count). The van der Waals surface area contributed by atoms with E-state index in [-0.39, 0.29) is 0 Å². The van der Waals surface area contributed by atoms with Gasteiger partial charge in [-0.3, -0.25) is 0 Å². The van der Waals surface area contributed by atoms with Crippen LogP contribution in [0.2, 0.25) is 0 Å². The van der Waals surface area contributed by atoms with Crippen LogP contribution in [0.15, 0.2) is 24.3 Å². The summed E-state index contributed by atoms with van der Waals surface area (Å²) < 4.78 is 0. The second-order valence-corrected chi connectivity index (χ2v) is 5.85. The molecule has 1 saturated heterocycles. The van der Waals surface area contributed by atoms with Crippen LogP contribution in [-0.4, -0.2) is 6.54 Å². The van der Waals surface area contributed by atoms with Crippen molar-refractivity contribution in [3.05, 3.63) is 35.4 Å². The molecule has 2 fully saturated rings. The number of nitrogens with one attached hydrogen (secondary N) is 1. The molecule has 1 aliphatic heterocycles. The maximum Gasteiger partial charge on any atom is 0.0463 e. The zero-order valence-electron chi connectivity index (χ0n) is 10.8. The predicted octanol–water partition coefficient (Wildman–Crippen LogP) is 3.76. The van der Waals surface area contributed by atoms with Gasteiger partial charge in [0.05, 0.1) is 0 Å². The van der Waals surface area contributed by atoms with Crippen molar-refractivity contribution in [1.82, 2.24) is 5.32 Å². The highest BCUT2D eigenvalue weighted by molar-refractivity contribution is 5.31. The van der Waals surface area contributed by atoms with Gasteiger partial charge in [-0.05, 0) is 50.6 Å². The summed E-state index contributed by atoms with van der Waals surface area (Å²) in [5.74, 6) is 0.867. The van der Waals surface area contributed by atoms with Crippen molar-refractivity contribution < 1.29 is 0 Å². The fraction of sp³-hybridized carbons (Fsp3) is 0.625. The Kier molecular flexibility index (Phi) is 2.96. The van der Waals surface area contributed by atoms with Crippen LogP contribution in [0, 0.1) is 12.8 Å². The third kappa shape index (κ3) is 1.91. The smallest absolute Gasteiger partial charge is 0.0463 e. The van der Waals surface area contributed by atoms with Crippen LogP contribution < -0.4 is 5.32 Å². The molecule has 1 heterocycles. The molecule has 1 N–H and O–H groups in total. The van der Waals surface area contributed by atoms with Crippen LogP contribution in [0.4, 0.5) is 0 Å². The fourth-order valence-electron chi connectivity index (χ4n) is 3.93. The predicted molar refractivity (Wildman–Crippen MR) is 72.1 cm³/mol. The molecule has 0 bridgehead atoms. The van der Waals surface area contributed by atoms with Crippen LogP contribution in [0.25, 0.3) is 0 Å². The van der Waals surface area contributed by atoms with E-state index < -0.39 is 0 Å². The summed E-state index contributed by atoms with van der Waals surface area (Å²) in [4.78, 5) is 0. The van der Waals surface area contributed by atoms with Gasteiger partial charge in [-0.2, -0.15) is 0 Å². The number of rotatable bonds is 1. The fourth-order valence-corrected chi connectivity index (χ4v) is 3.93. The summed E-state index contributed by atoms with van der Waals surface area (Å²) in [5.41, 5.74) is 3.25. The van der Waals surface area contributed by atoms with Crippen LogP contribution in [0.5, 0.6) is 0 Å². The van der Waals surface area contributed by atoms with Gasteiger partial charge in [0.25, 0.3) is 0 Å². The van der Waals surface area contributed by atoms with Gasteiger partial charge in [-0.15, -0.1) is 0 Å². The Hall–Kier alpha value is -0.820. The zero-order chi connectivity index (χ0) is 11.7. The lowest BCUT2D eigenvalue weighted by Crippen LogP contribution is -2.53. The van der Waals surface area contributed by atoms with Gasteiger partial charge in [0, 0.05) is 5.54 Å². The number of hydrogen-bond donors (Lipinski definition) is 1. The lowest BCUT2D eigenvalue weighted by molar-refractivity contribution is 0.101. The van der Waals surface area contributed by atoms with E-state index in [1.807, 2.05) is 0 Å². The Bertz CT molecular complexity index is 384. The second kappa shape index (κ2) is 4.45. The minimum absolute atomic E-state index is 0.308. The van der Waals surface area contributed by atoms with Crippen molar-refractivity contribution in [2.24, 2.45) is 5.92 Å². The van der Waals surface area contributed by atoms with E-state index in [4.69, 9.17) is 0 Å². The third-order valence-electron chi connectivity index (χ3n) is 4.77. The monoisotopic (exact) mass is 229 g/mol. The number of benzene rings is 1. The largest absolute Gasteiger partial charge is 0.307 e. The van der Waals surface area contributed by atoms with E-state index in [0.717, 1.165) is 5.92 Å². The Morgan fingerprint density at radius 3 is 2.94 bits per heavy atom. The summed E-state index contributed by atoms with van der Waals surface area (Å²) in [6, 6.07) is 9.17. The maximum atomic E-state index is 3.88. The van der Waals surface area contributed by atoms with E-state index in [0.29, 0.717) is 5.54 Å². The van der Waals surface area contributed by atoms with E-state index in [9.17, 15) is 0 Å². The zero-order valence-corrected chi connectivity index (χ0v) is 10.8. The van der Waals surface area contributed by atoms with E-state index in [1.165, 1.54) is 50.6 Å². The van der Waals surface area contributed by atoms with Gasteiger partial charge in [-0.1, -0.05) is 42.7 Å². The van der Waals surface area contributed by atoms with Crippen LogP contribution in [0.3, 0.4) is 0 Å². The first-order chi connectivity index (χ1) is 8.31. The number of piperidine rings is 1. The first kappa shape index (κ1) is 11.3. The minimum Gasteiger partial charge on any atom is -0.307 e. The highest BCUT2D eigenvalue weighted by atomic mass is 15.0. The summed E-state index contributed by atoms with van der Waals surface area (Å²) >= 11 is 0. The Morgan fingerprint density at radius 2 is 2.06 bits per heavy atom. The van der Waals surface area contributed by atoms with Crippen LogP contribution in [-0.2, 0) is 5.54 Å². The molecule has 1 aromatic carbocycles. The highest BCUT2D eigenvalue weighted by Crippen LogP contribution is 2.45. The Balaban J connectivity index is 2.00. The Morgan fingerprint density at radius 1 is 1.18 bits per heavy atom. The molecular formula is C16H23N. The molecule has 0 unspecified atom stereocenters. The molecule has 2 atom stereocenters. The van der Waals surface area contributed by atoms with E-state index in [1.54, 1.807) is 5.56 Å². The van der Waals surface area contributed by atoms with Gasteiger partial charge >= 0.3 is 0 Å². The topological polar surface area (TPSA) is 12.0 Å². The summed E-state index contributed by atoms with van der Waals surface area (Å²) in [5, 5.41) is 3.88. The van der Waals surface area contributed by atoms with Crippen molar-refractivity contribution >= 4 is 0 Å². The van der Waals surface area contributed by atoms with Gasteiger partial charge in [0.2, 0.25) is 0 Å². The third-order valence-corrected chi connectivity index (χ3v) is 4.77. The van der Waals surface area contributed by atoms with Crippen molar-refractivity contribution in [3.8, 4) is 0 Å². The molecule has 0 amide bonds. The highest BCUT2D eigenvalue weighted by Gasteiger charge is 2.43. The van der Waals surface area contributed by atoms with Crippen LogP contribution in [0.1, 0.15) is 49.7 Å². The molecule has 17 heavy (non-hydrogen) atoms. The number of hydrogen-bond acceptors (Lipinski definition) is 1. The van der Waals surface area contributed by atoms with Crippen molar-refractivity contribution in [1.29, 1.82) is 0 Å². The molecular weight excluding hydrogens is 206 g/mol. The average Bonchev–Trinajstić information content (AvgIpc) is 2.39. The Labute approximate surface area is 105 Å². The minimum atomic E-state index is 0.308. The molecule has 92 valence electrons. The van der Waals surface area contributed by atoms with E-state index in [2.05, 4.69) is 36.5 Å². The normalized spacial score (nSPS) is 33.1. The van der Waals surface area contributed by atoms with Gasteiger partial charge < -0.3 is 5.32 Å². The molecule has 0 spiro atoms. The average molecular weight is 229 g/mol. The molecule has 1 aromatic rings. The maximum absolute atomic E-state index is 3.88. The van der Waals surface area contributed by atoms with Crippen molar-refractivity contribution in [3.63, 3.8) is 0 Å². The summed E-state index contributed by atoms with van der Waals surface area (Å²) in [7, 11) is 0. The molecule has 1 nitrogen and oxygen atoms in total. The molecule has 0 aromatic heterocycles. The van der Waals surface area contributed by atoms with Crippen molar-refractivity contribution in [2.75, 3.05) is 6.54 Å². The standard InChI is InChI=1S/C16H23N/c1-13-6-4-8-15(12-13)16-10-3-2-7-14(16)9-5-11-17-16/h4,6,8,12,14,17H,2-3,5,7,9-11H2,1H3/t14-,16-/m0/s1. The summed E-state index contributed by atoms with van der Waals surface area (Å²) in [6.45, 7) is 3.41. The SMILES string of the molecule is Cc1cccc([C@]23CCCC[C@H]2CCCN3)c1. The quantitative estimate of drug-likeness (QED) is 0.773.